The maximum Gasteiger partial charge on any atom is 0.191 e. The van der Waals surface area contributed by atoms with Gasteiger partial charge in [0.2, 0.25) is 0 Å². The zero-order valence-electron chi connectivity index (χ0n) is 28.2. The molecule has 0 spiro atoms. The third kappa shape index (κ3) is 8.91. The number of fused-ring (bicyclic) bond motifs is 5. The molecule has 0 radical (unpaired) electrons. The van der Waals surface area contributed by atoms with Crippen molar-refractivity contribution >= 4 is 11.7 Å². The molecule has 0 saturated carbocycles. The summed E-state index contributed by atoms with van der Waals surface area (Å²) in [4.78, 5) is 17.5. The standard InChI is InChI=1S/C37H50N4O6/c1-23(2)20-40-37-39-15-14-28(41-37)16-24-17-32-26-9-12-30(43)19-29(42)11-8-25-10-13-33(44)35(45-4)31(25)7-5-6-27(18-26)34(47-22-38-3)36(32)46-21-24/h10,13,18,23-24,28,30,38,43-44H,6,8-9,11-12,14-17,19-22H2,1-4H3,(H2,39,40,41)/t24-,28+,30-/m1/s1. The quantitative estimate of drug-likeness (QED) is 0.215. The molecule has 2 aromatic carbocycles. The molecule has 254 valence electrons. The Hall–Kier alpha value is -3.94. The summed E-state index contributed by atoms with van der Waals surface area (Å²) in [5.41, 5.74) is 4.47. The number of aryl methyl sites for hydroxylation is 2. The molecular weight excluding hydrogens is 596 g/mol. The Balaban J connectivity index is 1.47. The van der Waals surface area contributed by atoms with Gasteiger partial charge in [0.05, 0.1) is 25.4 Å². The van der Waals surface area contributed by atoms with Crippen molar-refractivity contribution in [3.8, 4) is 34.8 Å². The first-order valence-electron chi connectivity index (χ1n) is 17.0. The number of phenolic OH excluding ortho intramolecular Hbond substituents is 1. The van der Waals surface area contributed by atoms with Gasteiger partial charge in [0, 0.05) is 49.5 Å². The van der Waals surface area contributed by atoms with Crippen molar-refractivity contribution in [2.24, 2.45) is 16.8 Å². The van der Waals surface area contributed by atoms with E-state index in [-0.39, 0.29) is 24.4 Å². The molecule has 10 nitrogen and oxygen atoms in total. The molecule has 3 atom stereocenters. The summed E-state index contributed by atoms with van der Waals surface area (Å²) >= 11 is 0. The van der Waals surface area contributed by atoms with E-state index in [0.29, 0.717) is 74.0 Å². The smallest absolute Gasteiger partial charge is 0.191 e. The van der Waals surface area contributed by atoms with Gasteiger partial charge in [0.15, 0.2) is 29.0 Å². The van der Waals surface area contributed by atoms with Crippen LogP contribution in [-0.2, 0) is 30.5 Å². The van der Waals surface area contributed by atoms with Gasteiger partial charge >= 0.3 is 0 Å². The number of aliphatic imine (C=N–C) groups is 1. The van der Waals surface area contributed by atoms with Crippen LogP contribution in [0.1, 0.15) is 73.8 Å². The van der Waals surface area contributed by atoms with Crippen molar-refractivity contribution < 1.29 is 29.2 Å². The molecule has 0 fully saturated rings. The van der Waals surface area contributed by atoms with E-state index < -0.39 is 6.10 Å². The molecule has 5 rings (SSSR count). The minimum absolute atomic E-state index is 0.00367. The van der Waals surface area contributed by atoms with Gasteiger partial charge in [-0.05, 0) is 74.6 Å². The van der Waals surface area contributed by atoms with Crippen LogP contribution in [0.4, 0.5) is 0 Å². The number of guanidine groups is 1. The minimum atomic E-state index is -0.750. The van der Waals surface area contributed by atoms with Gasteiger partial charge in [-0.3, -0.25) is 15.1 Å². The van der Waals surface area contributed by atoms with E-state index in [4.69, 9.17) is 14.2 Å². The molecule has 10 heteroatoms. The second-order valence-corrected chi connectivity index (χ2v) is 13.3. The van der Waals surface area contributed by atoms with E-state index in [1.165, 1.54) is 7.11 Å². The lowest BCUT2D eigenvalue weighted by Crippen LogP contribution is -2.48. The third-order valence-corrected chi connectivity index (χ3v) is 9.01. The molecule has 0 saturated heterocycles. The van der Waals surface area contributed by atoms with Gasteiger partial charge < -0.3 is 35.1 Å². The number of nitrogens with one attached hydrogen (secondary N) is 3. The summed E-state index contributed by atoms with van der Waals surface area (Å²) in [6.45, 7) is 6.93. The number of hydrogen-bond donors (Lipinski definition) is 5. The molecule has 47 heavy (non-hydrogen) atoms. The van der Waals surface area contributed by atoms with E-state index in [1.54, 1.807) is 12.1 Å². The van der Waals surface area contributed by atoms with Crippen molar-refractivity contribution in [1.82, 2.24) is 16.0 Å². The Bertz CT molecular complexity index is 1510. The number of hydrogen-bond acceptors (Lipinski definition) is 10. The van der Waals surface area contributed by atoms with Crippen LogP contribution in [0, 0.1) is 23.7 Å². The van der Waals surface area contributed by atoms with Crippen molar-refractivity contribution in [3.05, 3.63) is 46.0 Å². The highest BCUT2D eigenvalue weighted by Crippen LogP contribution is 2.43. The van der Waals surface area contributed by atoms with Gasteiger partial charge in [0.25, 0.3) is 0 Å². The lowest BCUT2D eigenvalue weighted by molar-refractivity contribution is -0.121. The molecule has 1 aliphatic carbocycles. The molecule has 0 amide bonds. The van der Waals surface area contributed by atoms with Crippen LogP contribution in [0.25, 0.3) is 0 Å². The number of methoxy groups -OCH3 is 1. The summed E-state index contributed by atoms with van der Waals surface area (Å²) in [5.74, 6) is 9.93. The molecule has 2 aromatic rings. The number of carbonyl (C=O) groups excluding carboxylic acids is 1. The van der Waals surface area contributed by atoms with Gasteiger partial charge in [0.1, 0.15) is 12.5 Å². The van der Waals surface area contributed by atoms with Crippen molar-refractivity contribution in [2.75, 3.05) is 40.6 Å². The van der Waals surface area contributed by atoms with E-state index in [0.717, 1.165) is 66.3 Å². The SMILES string of the molecule is CNCOc1c2cc(c3c1OC[C@H](C[C@@H]1CCN=C(NCC(C)C)N1)C3)CC[C@@H](O)CC(=O)CCc1ccc(O)c(OC)c1C#CC2. The number of nitrogens with zero attached hydrogens (tertiary/aromatic N) is 1. The van der Waals surface area contributed by atoms with Crippen LogP contribution in [-0.4, -0.2) is 74.7 Å². The Labute approximate surface area is 278 Å². The van der Waals surface area contributed by atoms with Crippen LogP contribution in [0.5, 0.6) is 23.0 Å². The molecule has 0 unspecified atom stereocenters. The Morgan fingerprint density at radius 1 is 1.13 bits per heavy atom. The fourth-order valence-electron chi connectivity index (χ4n) is 6.61. The number of ether oxygens (including phenoxy) is 3. The molecule has 2 heterocycles. The van der Waals surface area contributed by atoms with Crippen LogP contribution >= 0.6 is 0 Å². The zero-order chi connectivity index (χ0) is 33.3. The number of rotatable bonds is 8. The average Bonchev–Trinajstić information content (AvgIpc) is 3.05. The highest BCUT2D eigenvalue weighted by molar-refractivity contribution is 5.80. The lowest BCUT2D eigenvalue weighted by atomic mass is 9.85. The van der Waals surface area contributed by atoms with Crippen molar-refractivity contribution in [1.29, 1.82) is 0 Å². The molecule has 0 aromatic heterocycles. The van der Waals surface area contributed by atoms with Crippen LogP contribution in [0.2, 0.25) is 0 Å². The van der Waals surface area contributed by atoms with Crippen LogP contribution in [0.15, 0.2) is 23.2 Å². The van der Waals surface area contributed by atoms with Crippen LogP contribution < -0.4 is 30.2 Å². The van der Waals surface area contributed by atoms with Gasteiger partial charge in [-0.25, -0.2) is 0 Å². The number of ketones is 1. The average molecular weight is 647 g/mol. The van der Waals surface area contributed by atoms with Gasteiger partial charge in [-0.2, -0.15) is 0 Å². The largest absolute Gasteiger partial charge is 0.504 e. The second kappa shape index (κ2) is 16.2. The first-order valence-corrected chi connectivity index (χ1v) is 17.0. The monoisotopic (exact) mass is 646 g/mol. The zero-order valence-corrected chi connectivity index (χ0v) is 28.2. The highest BCUT2D eigenvalue weighted by atomic mass is 16.5. The second-order valence-electron chi connectivity index (χ2n) is 13.3. The number of Topliss-reactive ketones (excluding diaryl/α,β-unsaturated/α-hetero) is 1. The maximum atomic E-state index is 12.9. The summed E-state index contributed by atoms with van der Waals surface area (Å²) in [6, 6.07) is 5.79. The minimum Gasteiger partial charge on any atom is -0.504 e. The van der Waals surface area contributed by atoms with Crippen molar-refractivity contribution in [3.63, 3.8) is 0 Å². The topological polar surface area (TPSA) is 134 Å². The van der Waals surface area contributed by atoms with Crippen molar-refractivity contribution in [2.45, 2.75) is 83.8 Å². The number of aromatic hydroxyl groups is 1. The normalized spacial score (nSPS) is 21.4. The van der Waals surface area contributed by atoms with Gasteiger partial charge in [-0.15, -0.1) is 0 Å². The molecule has 2 aliphatic heterocycles. The van der Waals surface area contributed by atoms with Gasteiger partial charge in [-0.1, -0.05) is 37.8 Å². The lowest BCUT2D eigenvalue weighted by Gasteiger charge is -2.33. The first-order chi connectivity index (χ1) is 22.7. The van der Waals surface area contributed by atoms with E-state index in [9.17, 15) is 15.0 Å². The number of carbonyl (C=O) groups is 1. The molecule has 5 N–H and O–H groups in total. The Kier molecular flexibility index (Phi) is 11.9. The number of phenols is 1. The summed E-state index contributed by atoms with van der Waals surface area (Å²) in [6.07, 6.45) is 4.27. The van der Waals surface area contributed by atoms with E-state index in [2.05, 4.69) is 52.7 Å². The van der Waals surface area contributed by atoms with E-state index in [1.807, 2.05) is 7.05 Å². The third-order valence-electron chi connectivity index (χ3n) is 9.01. The number of benzene rings is 2. The fraction of sp³-hybridized carbons (Fsp3) is 0.568. The predicted molar refractivity (Wildman–Crippen MR) is 182 cm³/mol. The summed E-state index contributed by atoms with van der Waals surface area (Å²) in [5, 5.41) is 31.5. The molecule has 3 aliphatic rings. The highest BCUT2D eigenvalue weighted by Gasteiger charge is 2.31. The summed E-state index contributed by atoms with van der Waals surface area (Å²) in [7, 11) is 3.33. The molecular formula is C37H50N4O6. The number of aliphatic hydroxyl groups excluding tert-OH is 1. The first kappa shape index (κ1) is 34.4. The maximum absolute atomic E-state index is 12.9. The summed E-state index contributed by atoms with van der Waals surface area (Å²) < 4.78 is 18.4. The molecule has 2 bridgehead atoms. The predicted octanol–water partition coefficient (Wildman–Crippen LogP) is 3.65. The van der Waals surface area contributed by atoms with E-state index >= 15 is 0 Å². The Morgan fingerprint density at radius 3 is 2.77 bits per heavy atom. The Morgan fingerprint density at radius 2 is 1.98 bits per heavy atom. The van der Waals surface area contributed by atoms with Crippen LogP contribution in [0.3, 0.4) is 0 Å². The number of aliphatic hydroxyl groups is 1. The fourth-order valence-corrected chi connectivity index (χ4v) is 6.61.